The van der Waals surface area contributed by atoms with Crippen LogP contribution in [0.4, 0.5) is 0 Å². The zero-order valence-electron chi connectivity index (χ0n) is 17.1. The molecule has 5 heteroatoms. The van der Waals surface area contributed by atoms with Crippen molar-refractivity contribution in [3.63, 3.8) is 0 Å². The molecule has 0 amide bonds. The van der Waals surface area contributed by atoms with Gasteiger partial charge in [0.1, 0.15) is 0 Å². The third-order valence-corrected chi connectivity index (χ3v) is 4.73. The summed E-state index contributed by atoms with van der Waals surface area (Å²) in [5, 5.41) is 1.94. The molecule has 0 spiro atoms. The predicted molar refractivity (Wildman–Crippen MR) is 121 cm³/mol. The molecule has 1 aliphatic rings. The lowest BCUT2D eigenvalue weighted by atomic mass is 9.89. The molecule has 1 aromatic carbocycles. The third-order valence-electron chi connectivity index (χ3n) is 3.94. The molecule has 1 aliphatic heterocycles. The second-order valence-corrected chi connectivity index (χ2v) is 6.74. The average molecular weight is 385 g/mol. The molecular formula is C22H32N4S. The largest absolute Gasteiger partial charge is 0.379 e. The smallest absolute Gasteiger partial charge is 0.154 e. The van der Waals surface area contributed by atoms with Gasteiger partial charge in [0, 0.05) is 29.9 Å². The number of H-pyrrole nitrogens is 1. The maximum atomic E-state index is 5.85. The van der Waals surface area contributed by atoms with Crippen molar-refractivity contribution in [3.05, 3.63) is 66.6 Å². The number of benzene rings is 1. The standard InChI is InChI=1S/C13H15N3S.C5H5N.2C2H6/c1-13(5-7-17-12(14)16-13)10-3-2-9-4-6-15-11(9)8-10;1-2-4-6-5-3-1;2*1-2/h2-4,6,8,15H,5,7H2,1H3,(H2,14,16);1-5H;2*1-2H3. The van der Waals surface area contributed by atoms with Gasteiger partial charge in [-0.25, -0.2) is 0 Å². The average Bonchev–Trinajstić information content (AvgIpc) is 3.21. The van der Waals surface area contributed by atoms with E-state index in [9.17, 15) is 0 Å². The molecule has 0 radical (unpaired) electrons. The Labute approximate surface area is 167 Å². The van der Waals surface area contributed by atoms with Crippen molar-refractivity contribution in [1.82, 2.24) is 9.97 Å². The minimum atomic E-state index is -0.172. The molecule has 0 saturated carbocycles. The molecule has 3 aromatic rings. The summed E-state index contributed by atoms with van der Waals surface area (Å²) in [7, 11) is 0. The molecule has 0 bridgehead atoms. The number of amidine groups is 1. The van der Waals surface area contributed by atoms with Gasteiger partial charge in [0.05, 0.1) is 5.54 Å². The van der Waals surface area contributed by atoms with Gasteiger partial charge in [-0.2, -0.15) is 0 Å². The number of nitrogens with two attached hydrogens (primary N) is 1. The highest BCUT2D eigenvalue weighted by Crippen LogP contribution is 2.35. The zero-order valence-corrected chi connectivity index (χ0v) is 17.9. The summed E-state index contributed by atoms with van der Waals surface area (Å²) < 4.78 is 0. The second kappa shape index (κ2) is 12.2. The van der Waals surface area contributed by atoms with Gasteiger partial charge in [-0.05, 0) is 48.6 Å². The fourth-order valence-corrected chi connectivity index (χ4v) is 3.56. The first-order chi connectivity index (χ1) is 13.2. The van der Waals surface area contributed by atoms with Crippen molar-refractivity contribution in [3.8, 4) is 0 Å². The second-order valence-electron chi connectivity index (χ2n) is 5.63. The number of thioether (sulfide) groups is 1. The number of aliphatic imine (C=N–C) groups is 1. The number of rotatable bonds is 1. The Morgan fingerprint density at radius 1 is 1.04 bits per heavy atom. The number of fused-ring (bicyclic) bond motifs is 1. The van der Waals surface area contributed by atoms with E-state index in [1.54, 1.807) is 24.2 Å². The number of hydrogen-bond donors (Lipinski definition) is 2. The molecule has 0 aliphatic carbocycles. The minimum absolute atomic E-state index is 0.172. The summed E-state index contributed by atoms with van der Waals surface area (Å²) in [4.78, 5) is 11.6. The summed E-state index contributed by atoms with van der Waals surface area (Å²) >= 11 is 1.64. The van der Waals surface area contributed by atoms with Gasteiger partial charge in [-0.1, -0.05) is 57.7 Å². The molecule has 0 saturated heterocycles. The molecule has 4 nitrogen and oxygen atoms in total. The lowest BCUT2D eigenvalue weighted by molar-refractivity contribution is 0.482. The van der Waals surface area contributed by atoms with Crippen molar-refractivity contribution in [2.75, 3.05) is 5.75 Å². The maximum Gasteiger partial charge on any atom is 0.154 e. The highest BCUT2D eigenvalue weighted by molar-refractivity contribution is 8.13. The van der Waals surface area contributed by atoms with E-state index in [1.807, 2.05) is 52.1 Å². The normalized spacial score (nSPS) is 17.9. The molecule has 27 heavy (non-hydrogen) atoms. The van der Waals surface area contributed by atoms with Crippen LogP contribution >= 0.6 is 11.8 Å². The highest BCUT2D eigenvalue weighted by atomic mass is 32.2. The van der Waals surface area contributed by atoms with E-state index in [0.29, 0.717) is 5.17 Å². The number of aromatic nitrogens is 2. The Kier molecular flexibility index (Phi) is 10.3. The van der Waals surface area contributed by atoms with Gasteiger partial charge in [0.25, 0.3) is 0 Å². The van der Waals surface area contributed by atoms with Crippen LogP contribution in [0.3, 0.4) is 0 Å². The zero-order chi connectivity index (χ0) is 20.1. The van der Waals surface area contributed by atoms with Gasteiger partial charge in [-0.3, -0.25) is 9.98 Å². The molecule has 0 fully saturated rings. The van der Waals surface area contributed by atoms with Crippen molar-refractivity contribution in [2.45, 2.75) is 46.6 Å². The first kappa shape index (κ1) is 22.8. The van der Waals surface area contributed by atoms with Gasteiger partial charge in [0.15, 0.2) is 5.17 Å². The Morgan fingerprint density at radius 2 is 1.74 bits per heavy atom. The van der Waals surface area contributed by atoms with E-state index < -0.39 is 0 Å². The van der Waals surface area contributed by atoms with Crippen LogP contribution in [-0.4, -0.2) is 20.9 Å². The summed E-state index contributed by atoms with van der Waals surface area (Å²) in [6.07, 6.45) is 6.50. The van der Waals surface area contributed by atoms with E-state index in [4.69, 9.17) is 5.73 Å². The van der Waals surface area contributed by atoms with Gasteiger partial charge >= 0.3 is 0 Å². The Morgan fingerprint density at radius 3 is 2.30 bits per heavy atom. The van der Waals surface area contributed by atoms with Crippen LogP contribution in [0, 0.1) is 0 Å². The molecule has 4 rings (SSSR count). The van der Waals surface area contributed by atoms with Crippen LogP contribution in [0.1, 0.15) is 46.6 Å². The fraction of sp³-hybridized carbons (Fsp3) is 0.364. The van der Waals surface area contributed by atoms with E-state index in [-0.39, 0.29) is 5.54 Å². The predicted octanol–water partition coefficient (Wildman–Crippen LogP) is 5.97. The summed E-state index contributed by atoms with van der Waals surface area (Å²) in [5.74, 6) is 1.04. The summed E-state index contributed by atoms with van der Waals surface area (Å²) in [6, 6.07) is 14.3. The van der Waals surface area contributed by atoms with E-state index >= 15 is 0 Å². The van der Waals surface area contributed by atoms with E-state index in [2.05, 4.69) is 46.1 Å². The molecule has 1 atom stereocenters. The van der Waals surface area contributed by atoms with Gasteiger partial charge < -0.3 is 10.7 Å². The van der Waals surface area contributed by atoms with Gasteiger partial charge in [0.2, 0.25) is 0 Å². The maximum absolute atomic E-state index is 5.85. The Hall–Kier alpha value is -2.27. The van der Waals surface area contributed by atoms with Crippen LogP contribution in [0.15, 0.2) is 66.0 Å². The SMILES string of the molecule is CC.CC.CC1(c2ccc3cc[nH]c3c2)CCSC(N)=N1.c1ccncc1. The highest BCUT2D eigenvalue weighted by Gasteiger charge is 2.29. The Balaban J connectivity index is 0.000000306. The van der Waals surface area contributed by atoms with E-state index in [1.165, 1.54) is 10.9 Å². The molecule has 3 heterocycles. The van der Waals surface area contributed by atoms with Crippen LogP contribution in [-0.2, 0) is 5.54 Å². The van der Waals surface area contributed by atoms with Crippen LogP contribution < -0.4 is 5.73 Å². The third kappa shape index (κ3) is 6.75. The summed E-state index contributed by atoms with van der Waals surface area (Å²) in [6.45, 7) is 10.2. The number of nitrogens with one attached hydrogen (secondary N) is 1. The molecule has 2 aromatic heterocycles. The summed E-state index contributed by atoms with van der Waals surface area (Å²) in [5.41, 5.74) is 8.07. The molecule has 1 unspecified atom stereocenters. The number of pyridine rings is 1. The fourth-order valence-electron chi connectivity index (χ4n) is 2.59. The molecule has 146 valence electrons. The molecule has 3 N–H and O–H groups in total. The van der Waals surface area contributed by atoms with Crippen molar-refractivity contribution >= 4 is 27.8 Å². The lowest BCUT2D eigenvalue weighted by Gasteiger charge is -2.29. The van der Waals surface area contributed by atoms with Crippen molar-refractivity contribution < 1.29 is 0 Å². The monoisotopic (exact) mass is 384 g/mol. The lowest BCUT2D eigenvalue weighted by Crippen LogP contribution is -2.28. The number of hydrogen-bond acceptors (Lipinski definition) is 4. The molecular weight excluding hydrogens is 352 g/mol. The van der Waals surface area contributed by atoms with Crippen LogP contribution in [0.2, 0.25) is 0 Å². The van der Waals surface area contributed by atoms with Crippen LogP contribution in [0.25, 0.3) is 10.9 Å². The quantitative estimate of drug-likeness (QED) is 0.543. The number of nitrogens with zero attached hydrogens (tertiary/aromatic N) is 2. The minimum Gasteiger partial charge on any atom is -0.379 e. The van der Waals surface area contributed by atoms with Gasteiger partial charge in [-0.15, -0.1) is 0 Å². The van der Waals surface area contributed by atoms with Crippen molar-refractivity contribution in [2.24, 2.45) is 10.7 Å². The van der Waals surface area contributed by atoms with Crippen molar-refractivity contribution in [1.29, 1.82) is 0 Å². The van der Waals surface area contributed by atoms with Crippen LogP contribution in [0.5, 0.6) is 0 Å². The first-order valence-electron chi connectivity index (χ1n) is 9.58. The Bertz CT molecular complexity index is 771. The first-order valence-corrected chi connectivity index (χ1v) is 10.6. The topological polar surface area (TPSA) is 67.1 Å². The van der Waals surface area contributed by atoms with E-state index in [0.717, 1.165) is 17.7 Å². The number of aromatic amines is 1.